The first-order valence-electron chi connectivity index (χ1n) is 20.9. The van der Waals surface area contributed by atoms with Crippen molar-refractivity contribution in [3.8, 4) is 0 Å². The van der Waals surface area contributed by atoms with Gasteiger partial charge >= 0.3 is 11.9 Å². The van der Waals surface area contributed by atoms with E-state index in [9.17, 15) is 19.2 Å². The second-order valence-corrected chi connectivity index (χ2v) is 17.7. The van der Waals surface area contributed by atoms with Crippen LogP contribution in [-0.4, -0.2) is 126 Å². The molecule has 1 aliphatic heterocycles. The predicted octanol–water partition coefficient (Wildman–Crippen LogP) is 5.78. The number of para-hydroxylation sites is 1. The number of amides is 1. The summed E-state index contributed by atoms with van der Waals surface area (Å²) in [7, 11) is 0. The number of rotatable bonds is 10. The van der Waals surface area contributed by atoms with Crippen molar-refractivity contribution >= 4 is 50.7 Å². The van der Waals surface area contributed by atoms with Crippen molar-refractivity contribution in [2.75, 3.05) is 72.0 Å². The molecule has 0 radical (unpaired) electrons. The molecule has 13 nitrogen and oxygen atoms in total. The SMILES string of the molecule is C[C@@H](NC(=O)CN1CCN(CC(=O)OC(C)(C)C)CCN(Cc2ccc3c(=O)c4ccccc4oc3n2)CCN(CC(=O)OC(C)(C)C)CC1)c1cccc2ccccc12. The van der Waals surface area contributed by atoms with Crippen LogP contribution in [0.15, 0.2) is 88.1 Å². The minimum Gasteiger partial charge on any atom is -0.459 e. The van der Waals surface area contributed by atoms with Gasteiger partial charge in [-0.25, -0.2) is 4.98 Å². The second-order valence-electron chi connectivity index (χ2n) is 17.7. The molecule has 6 rings (SSSR count). The largest absolute Gasteiger partial charge is 0.459 e. The highest BCUT2D eigenvalue weighted by atomic mass is 16.6. The summed E-state index contributed by atoms with van der Waals surface area (Å²) in [6.45, 7) is 18.0. The van der Waals surface area contributed by atoms with Crippen LogP contribution in [0.2, 0.25) is 0 Å². The molecule has 3 heterocycles. The molecule has 60 heavy (non-hydrogen) atoms. The maximum absolute atomic E-state index is 13.8. The zero-order valence-electron chi connectivity index (χ0n) is 36.2. The van der Waals surface area contributed by atoms with Crippen molar-refractivity contribution in [2.45, 2.75) is 72.3 Å². The predicted molar refractivity (Wildman–Crippen MR) is 235 cm³/mol. The molecule has 0 saturated carbocycles. The third kappa shape index (κ3) is 12.7. The van der Waals surface area contributed by atoms with E-state index in [1.807, 2.05) is 90.9 Å². The molecule has 1 N–H and O–H groups in total. The van der Waals surface area contributed by atoms with Gasteiger partial charge in [0.05, 0.1) is 42.1 Å². The van der Waals surface area contributed by atoms with E-state index in [0.717, 1.165) is 22.0 Å². The number of benzene rings is 3. The van der Waals surface area contributed by atoms with Crippen LogP contribution >= 0.6 is 0 Å². The van der Waals surface area contributed by atoms with Crippen LogP contribution < -0.4 is 10.7 Å². The first-order chi connectivity index (χ1) is 28.5. The maximum atomic E-state index is 13.8. The Bertz CT molecular complexity index is 2300. The number of ether oxygens (including phenoxy) is 2. The molecule has 3 aromatic carbocycles. The van der Waals surface area contributed by atoms with Gasteiger partial charge in [-0.2, -0.15) is 0 Å². The number of fused-ring (bicyclic) bond motifs is 3. The minimum absolute atomic E-state index is 0.0838. The summed E-state index contributed by atoms with van der Waals surface area (Å²) in [5, 5.41) is 6.35. The average Bonchev–Trinajstić information content (AvgIpc) is 3.17. The van der Waals surface area contributed by atoms with Gasteiger partial charge in [0.25, 0.3) is 0 Å². The van der Waals surface area contributed by atoms with Crippen molar-refractivity contribution < 1.29 is 28.3 Å². The Hall–Kier alpha value is -5.21. The summed E-state index contributed by atoms with van der Waals surface area (Å²) >= 11 is 0. The molecule has 0 spiro atoms. The fraction of sp³-hybridized carbons (Fsp3) is 0.468. The highest BCUT2D eigenvalue weighted by Gasteiger charge is 2.25. The lowest BCUT2D eigenvalue weighted by atomic mass is 10.00. The van der Waals surface area contributed by atoms with E-state index in [1.54, 1.807) is 18.2 Å². The molecular weight excluding hydrogens is 761 g/mol. The van der Waals surface area contributed by atoms with Gasteiger partial charge in [-0.15, -0.1) is 0 Å². The van der Waals surface area contributed by atoms with Crippen LogP contribution in [-0.2, 0) is 30.4 Å². The topological polar surface area (TPSA) is 138 Å². The molecule has 0 aliphatic carbocycles. The summed E-state index contributed by atoms with van der Waals surface area (Å²) in [6, 6.07) is 24.8. The van der Waals surface area contributed by atoms with E-state index in [1.165, 1.54) is 0 Å². The number of hydrogen-bond acceptors (Lipinski definition) is 12. The summed E-state index contributed by atoms with van der Waals surface area (Å²) in [4.78, 5) is 66.7. The van der Waals surface area contributed by atoms with E-state index in [0.29, 0.717) is 75.3 Å². The smallest absolute Gasteiger partial charge is 0.320 e. The fourth-order valence-electron chi connectivity index (χ4n) is 7.56. The Balaban J connectivity index is 1.22. The lowest BCUT2D eigenvalue weighted by Gasteiger charge is -2.34. The van der Waals surface area contributed by atoms with Crippen LogP contribution in [0.3, 0.4) is 0 Å². The van der Waals surface area contributed by atoms with Crippen LogP contribution in [0, 0.1) is 0 Å². The number of hydrogen-bond donors (Lipinski definition) is 1. The van der Waals surface area contributed by atoms with E-state index in [4.69, 9.17) is 18.9 Å². The molecule has 1 saturated heterocycles. The Kier molecular flexibility index (Phi) is 14.4. The zero-order chi connectivity index (χ0) is 43.0. The number of aromatic nitrogens is 1. The first-order valence-corrected chi connectivity index (χ1v) is 20.9. The fourth-order valence-corrected chi connectivity index (χ4v) is 7.56. The summed E-state index contributed by atoms with van der Waals surface area (Å²) < 4.78 is 17.6. The number of carbonyl (C=O) groups excluding carboxylic acids is 3. The lowest BCUT2D eigenvalue weighted by Crippen LogP contribution is -2.49. The molecule has 2 aromatic heterocycles. The van der Waals surface area contributed by atoms with Gasteiger partial charge in [0.1, 0.15) is 16.8 Å². The molecule has 1 atom stereocenters. The third-order valence-corrected chi connectivity index (χ3v) is 10.4. The van der Waals surface area contributed by atoms with E-state index >= 15 is 0 Å². The summed E-state index contributed by atoms with van der Waals surface area (Å²) in [5.74, 6) is -0.759. The van der Waals surface area contributed by atoms with Crippen molar-refractivity contribution in [2.24, 2.45) is 0 Å². The van der Waals surface area contributed by atoms with Crippen molar-refractivity contribution in [1.29, 1.82) is 0 Å². The maximum Gasteiger partial charge on any atom is 0.320 e. The Labute approximate surface area is 352 Å². The zero-order valence-corrected chi connectivity index (χ0v) is 36.2. The van der Waals surface area contributed by atoms with E-state index in [-0.39, 0.29) is 54.7 Å². The molecule has 5 aromatic rings. The molecule has 0 bridgehead atoms. The summed E-state index contributed by atoms with van der Waals surface area (Å²) in [6.07, 6.45) is 0. The Morgan fingerprint density at radius 1 is 0.650 bits per heavy atom. The van der Waals surface area contributed by atoms with Crippen LogP contribution in [0.25, 0.3) is 32.8 Å². The normalized spacial score (nSPS) is 16.6. The van der Waals surface area contributed by atoms with Crippen LogP contribution in [0.5, 0.6) is 0 Å². The van der Waals surface area contributed by atoms with Crippen molar-refractivity contribution in [1.82, 2.24) is 29.9 Å². The van der Waals surface area contributed by atoms with Crippen molar-refractivity contribution in [3.05, 3.63) is 100 Å². The number of pyridine rings is 1. The molecule has 0 unspecified atom stereocenters. The number of carbonyl (C=O) groups is 3. The molecule has 13 heteroatoms. The van der Waals surface area contributed by atoms with Gasteiger partial charge < -0.3 is 19.2 Å². The van der Waals surface area contributed by atoms with E-state index in [2.05, 4.69) is 43.1 Å². The molecule has 1 aliphatic rings. The van der Waals surface area contributed by atoms with Gasteiger partial charge in [-0.3, -0.25) is 38.8 Å². The lowest BCUT2D eigenvalue weighted by molar-refractivity contribution is -0.157. The van der Waals surface area contributed by atoms with Gasteiger partial charge in [-0.05, 0) is 89.1 Å². The number of nitrogens with zero attached hydrogens (tertiary/aromatic N) is 5. The van der Waals surface area contributed by atoms with Crippen LogP contribution in [0.4, 0.5) is 0 Å². The monoisotopic (exact) mass is 820 g/mol. The second kappa shape index (κ2) is 19.4. The van der Waals surface area contributed by atoms with Crippen molar-refractivity contribution in [3.63, 3.8) is 0 Å². The number of nitrogens with one attached hydrogen (secondary N) is 1. The van der Waals surface area contributed by atoms with Gasteiger partial charge in [0.15, 0.2) is 0 Å². The Morgan fingerprint density at radius 3 is 1.77 bits per heavy atom. The third-order valence-electron chi connectivity index (χ3n) is 10.4. The Morgan fingerprint density at radius 2 is 1.17 bits per heavy atom. The molecule has 1 fully saturated rings. The van der Waals surface area contributed by atoms with Crippen LogP contribution in [0.1, 0.15) is 65.8 Å². The van der Waals surface area contributed by atoms with E-state index < -0.39 is 11.2 Å². The van der Waals surface area contributed by atoms with Gasteiger partial charge in [0, 0.05) is 58.9 Å². The average molecular weight is 821 g/mol. The van der Waals surface area contributed by atoms with Gasteiger partial charge in [0.2, 0.25) is 17.0 Å². The molecule has 320 valence electrons. The summed E-state index contributed by atoms with van der Waals surface area (Å²) in [5.41, 5.74) is 1.12. The quantitative estimate of drug-likeness (QED) is 0.135. The molecule has 1 amide bonds. The minimum atomic E-state index is -0.639. The first kappa shape index (κ1) is 44.3. The van der Waals surface area contributed by atoms with Gasteiger partial charge in [-0.1, -0.05) is 54.6 Å². The highest BCUT2D eigenvalue weighted by molar-refractivity contribution is 5.88. The highest BCUT2D eigenvalue weighted by Crippen LogP contribution is 2.24. The number of esters is 2. The standard InChI is InChI=1S/C47H60N6O7/c1-33(36-17-12-14-34-13-8-9-15-37(34)36)48-41(54)30-51-23-27-52(31-42(55)59-46(2,3)4)25-21-50(22-26-53(28-24-51)32-43(56)60-47(5,6)7)29-35-19-20-39-44(57)38-16-10-11-18-40(38)58-45(39)49-35/h8-20,33H,21-32H2,1-7H3,(H,48,54)/t33-/m1/s1. The molecular formula is C47H60N6O7.